The maximum Gasteiger partial charge on any atom is 0.193 e. The minimum Gasteiger partial charge on any atom is -0.493 e. The highest BCUT2D eigenvalue weighted by Gasteiger charge is 2.25. The van der Waals surface area contributed by atoms with Crippen molar-refractivity contribution in [1.82, 2.24) is 10.1 Å². The lowest BCUT2D eigenvalue weighted by atomic mass is 9.91. The van der Waals surface area contributed by atoms with Crippen molar-refractivity contribution in [1.29, 1.82) is 0 Å². The molecule has 7 heteroatoms. The Morgan fingerprint density at radius 2 is 1.83 bits per heavy atom. The first kappa shape index (κ1) is 24.0. The molecule has 1 aliphatic heterocycles. The van der Waals surface area contributed by atoms with Gasteiger partial charge in [0.2, 0.25) is 0 Å². The van der Waals surface area contributed by atoms with Crippen molar-refractivity contribution in [3.63, 3.8) is 0 Å². The second kappa shape index (κ2) is 10.9. The van der Waals surface area contributed by atoms with Crippen LogP contribution in [-0.2, 0) is 0 Å². The van der Waals surface area contributed by atoms with E-state index in [0.717, 1.165) is 50.0 Å². The Balaban J connectivity index is 1.12. The van der Waals surface area contributed by atoms with Crippen LogP contribution in [0.5, 0.6) is 11.5 Å². The molecule has 0 unspecified atom stereocenters. The first-order valence-electron chi connectivity index (χ1n) is 12.3. The molecule has 0 aliphatic carbocycles. The lowest BCUT2D eigenvalue weighted by Crippen LogP contribution is -2.34. The molecule has 36 heavy (non-hydrogen) atoms. The molecule has 0 radical (unpaired) electrons. The van der Waals surface area contributed by atoms with Crippen molar-refractivity contribution in [3.8, 4) is 11.5 Å². The van der Waals surface area contributed by atoms with Gasteiger partial charge in [0.15, 0.2) is 22.9 Å². The van der Waals surface area contributed by atoms with E-state index in [1.54, 1.807) is 43.5 Å². The second-order valence-electron chi connectivity index (χ2n) is 9.09. The molecule has 1 aromatic heterocycles. The number of halogens is 1. The average Bonchev–Trinajstić information content (AvgIpc) is 3.34. The van der Waals surface area contributed by atoms with E-state index in [-0.39, 0.29) is 11.6 Å². The van der Waals surface area contributed by atoms with E-state index >= 15 is 0 Å². The Morgan fingerprint density at radius 1 is 1.03 bits per heavy atom. The number of likely N-dealkylation sites (tertiary alicyclic amines) is 1. The number of ketones is 1. The number of methoxy groups -OCH3 is 1. The van der Waals surface area contributed by atoms with Gasteiger partial charge in [-0.1, -0.05) is 35.5 Å². The van der Waals surface area contributed by atoms with Gasteiger partial charge in [-0.3, -0.25) is 4.79 Å². The lowest BCUT2D eigenvalue weighted by Gasteiger charge is -2.31. The summed E-state index contributed by atoms with van der Waals surface area (Å²) in [7, 11) is 1.60. The van der Waals surface area contributed by atoms with Crippen molar-refractivity contribution in [2.24, 2.45) is 0 Å². The van der Waals surface area contributed by atoms with Gasteiger partial charge >= 0.3 is 0 Å². The van der Waals surface area contributed by atoms with Crippen LogP contribution in [0.15, 0.2) is 71.3 Å². The quantitative estimate of drug-likeness (QED) is 0.217. The van der Waals surface area contributed by atoms with Crippen LogP contribution in [0.2, 0.25) is 0 Å². The summed E-state index contributed by atoms with van der Waals surface area (Å²) in [5.41, 5.74) is 2.66. The number of hydrogen-bond donors (Lipinski definition) is 0. The zero-order chi connectivity index (χ0) is 24.9. The van der Waals surface area contributed by atoms with Gasteiger partial charge in [-0.15, -0.1) is 0 Å². The average molecular weight is 489 g/mol. The minimum absolute atomic E-state index is 0.0454. The Morgan fingerprint density at radius 3 is 2.61 bits per heavy atom. The predicted molar refractivity (Wildman–Crippen MR) is 135 cm³/mol. The molecule has 0 N–H and O–H groups in total. The summed E-state index contributed by atoms with van der Waals surface area (Å²) < 4.78 is 30.2. The molecule has 5 rings (SSSR count). The van der Waals surface area contributed by atoms with Crippen LogP contribution in [0.4, 0.5) is 4.39 Å². The number of ether oxygens (including phenoxy) is 2. The van der Waals surface area contributed by atoms with Gasteiger partial charge in [0, 0.05) is 35.0 Å². The van der Waals surface area contributed by atoms with E-state index in [4.69, 9.17) is 14.0 Å². The molecule has 0 bridgehead atoms. The highest BCUT2D eigenvalue weighted by Crippen LogP contribution is 2.33. The number of fused-ring (bicyclic) bond motifs is 1. The number of rotatable bonds is 9. The van der Waals surface area contributed by atoms with E-state index < -0.39 is 0 Å². The third-order valence-electron chi connectivity index (χ3n) is 6.77. The molecular formula is C29H29FN2O4. The molecule has 4 aromatic rings. The molecule has 0 spiro atoms. The molecule has 0 saturated carbocycles. The van der Waals surface area contributed by atoms with Crippen LogP contribution in [0, 0.1) is 5.82 Å². The van der Waals surface area contributed by atoms with Crippen molar-refractivity contribution < 1.29 is 23.2 Å². The summed E-state index contributed by atoms with van der Waals surface area (Å²) in [6.07, 6.45) is 2.82. The van der Waals surface area contributed by atoms with Gasteiger partial charge in [0.1, 0.15) is 5.82 Å². The SMILES string of the molecule is COc1ccc(C(=O)c2ccccc2)cc1OCCCN1CCC(c2noc3cc(F)ccc23)CC1. The number of carbonyl (C=O) groups excluding carboxylic acids is 1. The van der Waals surface area contributed by atoms with Crippen LogP contribution < -0.4 is 9.47 Å². The predicted octanol–water partition coefficient (Wildman–Crippen LogP) is 5.86. The van der Waals surface area contributed by atoms with Crippen molar-refractivity contribution >= 4 is 16.8 Å². The van der Waals surface area contributed by atoms with Crippen LogP contribution in [0.3, 0.4) is 0 Å². The van der Waals surface area contributed by atoms with Gasteiger partial charge in [-0.05, 0) is 62.7 Å². The number of piperidine rings is 1. The largest absolute Gasteiger partial charge is 0.493 e. The molecule has 1 fully saturated rings. The maximum absolute atomic E-state index is 13.4. The molecule has 186 valence electrons. The summed E-state index contributed by atoms with van der Waals surface area (Å²) in [6.45, 7) is 3.37. The van der Waals surface area contributed by atoms with Gasteiger partial charge in [-0.2, -0.15) is 0 Å². The summed E-state index contributed by atoms with van der Waals surface area (Å²) in [5, 5.41) is 5.14. The number of aromatic nitrogens is 1. The monoisotopic (exact) mass is 488 g/mol. The third-order valence-corrected chi connectivity index (χ3v) is 6.77. The van der Waals surface area contributed by atoms with Crippen LogP contribution in [0.1, 0.15) is 46.8 Å². The normalized spacial score (nSPS) is 14.7. The second-order valence-corrected chi connectivity index (χ2v) is 9.09. The topological polar surface area (TPSA) is 64.8 Å². The first-order valence-corrected chi connectivity index (χ1v) is 12.3. The number of benzene rings is 3. The number of hydrogen-bond acceptors (Lipinski definition) is 6. The van der Waals surface area contributed by atoms with E-state index in [0.29, 0.717) is 40.7 Å². The molecule has 1 saturated heterocycles. The number of carbonyl (C=O) groups is 1. The smallest absolute Gasteiger partial charge is 0.193 e. The lowest BCUT2D eigenvalue weighted by molar-refractivity contribution is 0.103. The highest BCUT2D eigenvalue weighted by molar-refractivity contribution is 6.09. The zero-order valence-corrected chi connectivity index (χ0v) is 20.3. The van der Waals surface area contributed by atoms with Gasteiger partial charge in [-0.25, -0.2) is 4.39 Å². The van der Waals surface area contributed by atoms with Gasteiger partial charge in [0.05, 0.1) is 19.4 Å². The zero-order valence-electron chi connectivity index (χ0n) is 20.3. The van der Waals surface area contributed by atoms with Crippen LogP contribution >= 0.6 is 0 Å². The van der Waals surface area contributed by atoms with Crippen molar-refractivity contribution in [3.05, 3.63) is 89.4 Å². The standard InChI is InChI=1S/C29H29FN2O4/c1-34-25-11-8-22(29(33)21-6-3-2-4-7-21)18-27(25)35-17-5-14-32-15-12-20(13-16-32)28-24-10-9-23(30)19-26(24)36-31-28/h2-4,6-11,18-20H,5,12-17H2,1H3. The van der Waals surface area contributed by atoms with E-state index in [1.165, 1.54) is 12.1 Å². The van der Waals surface area contributed by atoms with Gasteiger partial charge in [0.25, 0.3) is 0 Å². The van der Waals surface area contributed by atoms with Crippen LogP contribution in [0.25, 0.3) is 11.0 Å². The van der Waals surface area contributed by atoms with Crippen LogP contribution in [-0.4, -0.2) is 49.2 Å². The minimum atomic E-state index is -0.311. The summed E-state index contributed by atoms with van der Waals surface area (Å²) >= 11 is 0. The third kappa shape index (κ3) is 5.26. The fourth-order valence-electron chi connectivity index (χ4n) is 4.81. The fourth-order valence-corrected chi connectivity index (χ4v) is 4.81. The van der Waals surface area contributed by atoms with Gasteiger partial charge < -0.3 is 18.9 Å². The van der Waals surface area contributed by atoms with Crippen molar-refractivity contribution in [2.75, 3.05) is 33.4 Å². The molecule has 3 aromatic carbocycles. The molecular weight excluding hydrogens is 459 g/mol. The number of nitrogens with zero attached hydrogens (tertiary/aromatic N) is 2. The van der Waals surface area contributed by atoms with E-state index in [1.807, 2.05) is 18.2 Å². The molecule has 1 aliphatic rings. The molecule has 2 heterocycles. The molecule has 0 atom stereocenters. The molecule has 0 amide bonds. The maximum atomic E-state index is 13.4. The Bertz CT molecular complexity index is 1330. The molecule has 6 nitrogen and oxygen atoms in total. The summed E-state index contributed by atoms with van der Waals surface area (Å²) in [5.74, 6) is 1.15. The highest BCUT2D eigenvalue weighted by atomic mass is 19.1. The Labute approximate surface area is 209 Å². The first-order chi connectivity index (χ1) is 17.6. The summed E-state index contributed by atoms with van der Waals surface area (Å²) in [4.78, 5) is 15.2. The summed E-state index contributed by atoms with van der Waals surface area (Å²) in [6, 6.07) is 19.1. The van der Waals surface area contributed by atoms with E-state index in [9.17, 15) is 9.18 Å². The van der Waals surface area contributed by atoms with E-state index in [2.05, 4.69) is 10.1 Å². The Kier molecular flexibility index (Phi) is 7.28. The van der Waals surface area contributed by atoms with Crippen molar-refractivity contribution in [2.45, 2.75) is 25.2 Å². The fraction of sp³-hybridized carbons (Fsp3) is 0.310. The Hall–Kier alpha value is -3.71.